The molecule has 2 rings (SSSR count). The van der Waals surface area contributed by atoms with Crippen LogP contribution in [0.15, 0.2) is 27.5 Å². The zero-order chi connectivity index (χ0) is 15.1. The van der Waals surface area contributed by atoms with Crippen molar-refractivity contribution in [3.63, 3.8) is 0 Å². The molecule has 9 heteroatoms. The van der Waals surface area contributed by atoms with E-state index in [1.165, 1.54) is 14.1 Å². The molecule has 1 aromatic heterocycles. The van der Waals surface area contributed by atoms with Crippen LogP contribution in [-0.4, -0.2) is 35.9 Å². The molecule has 2 aromatic rings. The maximum absolute atomic E-state index is 12.1. The molecular formula is C11H12ClN3O4S. The molecule has 0 aliphatic rings. The van der Waals surface area contributed by atoms with E-state index in [1.807, 2.05) is 0 Å². The Kier molecular flexibility index (Phi) is 3.72. The first-order chi connectivity index (χ1) is 9.25. The van der Waals surface area contributed by atoms with E-state index in [0.29, 0.717) is 20.1 Å². The van der Waals surface area contributed by atoms with E-state index in [9.17, 15) is 13.2 Å². The number of aryl methyl sites for hydroxylation is 1. The lowest BCUT2D eigenvalue weighted by Crippen LogP contribution is -2.35. The van der Waals surface area contributed by atoms with Crippen molar-refractivity contribution in [3.8, 4) is 11.4 Å². The normalized spacial score (nSPS) is 12.1. The summed E-state index contributed by atoms with van der Waals surface area (Å²) in [7, 11) is -1.40. The van der Waals surface area contributed by atoms with Crippen LogP contribution >= 0.6 is 11.6 Å². The van der Waals surface area contributed by atoms with E-state index in [1.54, 1.807) is 25.1 Å². The second-order valence-corrected chi connectivity index (χ2v) is 6.71. The Balaban J connectivity index is 2.76. The molecule has 1 aromatic carbocycles. The summed E-state index contributed by atoms with van der Waals surface area (Å²) in [5.41, 5.74) is 1.12. The highest BCUT2D eigenvalue weighted by Crippen LogP contribution is 2.24. The van der Waals surface area contributed by atoms with Gasteiger partial charge in [-0.15, -0.1) is 3.97 Å². The monoisotopic (exact) mass is 317 g/mol. The molecule has 0 fully saturated rings. The van der Waals surface area contributed by atoms with Gasteiger partial charge in [-0.05, 0) is 30.7 Å². The first-order valence-electron chi connectivity index (χ1n) is 5.53. The Morgan fingerprint density at radius 2 is 2.00 bits per heavy atom. The Morgan fingerprint density at radius 1 is 1.35 bits per heavy atom. The maximum Gasteiger partial charge on any atom is 0.457 e. The predicted molar refractivity (Wildman–Crippen MR) is 74.0 cm³/mol. The largest absolute Gasteiger partial charge is 0.457 e. The summed E-state index contributed by atoms with van der Waals surface area (Å²) < 4.78 is 30.2. The lowest BCUT2D eigenvalue weighted by atomic mass is 10.1. The van der Waals surface area contributed by atoms with Crippen molar-refractivity contribution in [1.29, 1.82) is 0 Å². The molecule has 0 radical (unpaired) electrons. The molecule has 0 amide bonds. The summed E-state index contributed by atoms with van der Waals surface area (Å²) >= 11 is 5.85. The van der Waals surface area contributed by atoms with Crippen LogP contribution in [0.4, 0.5) is 0 Å². The molecule has 0 N–H and O–H groups in total. The highest BCUT2D eigenvalue weighted by molar-refractivity contribution is 7.87. The third-order valence-electron chi connectivity index (χ3n) is 2.69. The molecule has 20 heavy (non-hydrogen) atoms. The van der Waals surface area contributed by atoms with Crippen molar-refractivity contribution in [2.75, 3.05) is 14.1 Å². The molecular weight excluding hydrogens is 306 g/mol. The molecule has 0 bridgehead atoms. The topological polar surface area (TPSA) is 85.4 Å². The molecule has 0 unspecified atom stereocenters. The molecule has 0 aliphatic heterocycles. The van der Waals surface area contributed by atoms with Crippen LogP contribution in [-0.2, 0) is 10.2 Å². The van der Waals surface area contributed by atoms with E-state index >= 15 is 0 Å². The number of nitrogens with zero attached hydrogens (tertiary/aromatic N) is 3. The van der Waals surface area contributed by atoms with Crippen LogP contribution in [0.25, 0.3) is 11.4 Å². The first kappa shape index (κ1) is 14.8. The standard InChI is InChI=1S/C11H12ClN3O4S/c1-7-6-8(12)4-5-9(7)10-13-19-11(16)15(10)20(17,18)14(2)3/h4-6H,1-3H3. The number of benzene rings is 1. The van der Waals surface area contributed by atoms with Gasteiger partial charge in [-0.2, -0.15) is 12.7 Å². The van der Waals surface area contributed by atoms with Gasteiger partial charge in [-0.25, -0.2) is 4.79 Å². The van der Waals surface area contributed by atoms with Gasteiger partial charge in [0.2, 0.25) is 5.82 Å². The molecule has 0 saturated heterocycles. The Morgan fingerprint density at radius 3 is 2.55 bits per heavy atom. The van der Waals surface area contributed by atoms with Crippen molar-refractivity contribution in [2.45, 2.75) is 6.92 Å². The van der Waals surface area contributed by atoms with E-state index < -0.39 is 16.0 Å². The molecule has 0 aliphatic carbocycles. The van der Waals surface area contributed by atoms with Crippen LogP contribution in [0.5, 0.6) is 0 Å². The minimum atomic E-state index is -4.02. The fourth-order valence-electron chi connectivity index (χ4n) is 1.65. The van der Waals surface area contributed by atoms with Crippen molar-refractivity contribution < 1.29 is 12.9 Å². The molecule has 1 heterocycles. The lowest BCUT2D eigenvalue weighted by molar-refractivity contribution is 0.383. The minimum absolute atomic E-state index is 0.0853. The summed E-state index contributed by atoms with van der Waals surface area (Å²) in [6.45, 7) is 1.73. The van der Waals surface area contributed by atoms with Gasteiger partial charge >= 0.3 is 16.0 Å². The van der Waals surface area contributed by atoms with E-state index in [-0.39, 0.29) is 5.82 Å². The van der Waals surface area contributed by atoms with Gasteiger partial charge in [0.05, 0.1) is 0 Å². The maximum atomic E-state index is 12.1. The molecule has 7 nitrogen and oxygen atoms in total. The van der Waals surface area contributed by atoms with E-state index in [4.69, 9.17) is 11.6 Å². The summed E-state index contributed by atoms with van der Waals surface area (Å²) in [5, 5.41) is 4.05. The van der Waals surface area contributed by atoms with Gasteiger partial charge < -0.3 is 0 Å². The zero-order valence-electron chi connectivity index (χ0n) is 11.0. The van der Waals surface area contributed by atoms with E-state index in [0.717, 1.165) is 4.31 Å². The average Bonchev–Trinajstić information content (AvgIpc) is 2.71. The third-order valence-corrected chi connectivity index (χ3v) is 4.63. The van der Waals surface area contributed by atoms with Gasteiger partial charge in [-0.1, -0.05) is 16.8 Å². The Labute approximate surface area is 120 Å². The van der Waals surface area contributed by atoms with Crippen LogP contribution in [0.2, 0.25) is 5.02 Å². The van der Waals surface area contributed by atoms with Crippen LogP contribution in [0.1, 0.15) is 5.56 Å². The quantitative estimate of drug-likeness (QED) is 0.846. The third kappa shape index (κ3) is 2.37. The zero-order valence-corrected chi connectivity index (χ0v) is 12.6. The van der Waals surface area contributed by atoms with Gasteiger partial charge in [0.1, 0.15) is 0 Å². The summed E-state index contributed by atoms with van der Waals surface area (Å²) in [6, 6.07) is 4.80. The van der Waals surface area contributed by atoms with Crippen LogP contribution in [0, 0.1) is 6.92 Å². The number of aromatic nitrogens is 2. The molecule has 0 atom stereocenters. The van der Waals surface area contributed by atoms with Crippen molar-refractivity contribution in [3.05, 3.63) is 39.3 Å². The number of rotatable bonds is 3. The number of halogens is 1. The fourth-order valence-corrected chi connectivity index (χ4v) is 2.77. The lowest BCUT2D eigenvalue weighted by Gasteiger charge is -2.12. The predicted octanol–water partition coefficient (Wildman–Crippen LogP) is 1.12. The van der Waals surface area contributed by atoms with Gasteiger partial charge in [0.15, 0.2) is 0 Å². The average molecular weight is 318 g/mol. The molecule has 0 saturated carbocycles. The molecule has 108 valence electrons. The summed E-state index contributed by atoms with van der Waals surface area (Å²) in [5.74, 6) is -1.15. The number of hydrogen-bond acceptors (Lipinski definition) is 5. The number of hydrogen-bond donors (Lipinski definition) is 0. The van der Waals surface area contributed by atoms with E-state index in [2.05, 4.69) is 9.68 Å². The minimum Gasteiger partial charge on any atom is -0.295 e. The van der Waals surface area contributed by atoms with Gasteiger partial charge in [0, 0.05) is 24.7 Å². The summed E-state index contributed by atoms with van der Waals surface area (Å²) in [4.78, 5) is 11.6. The van der Waals surface area contributed by atoms with Gasteiger partial charge in [0.25, 0.3) is 0 Å². The van der Waals surface area contributed by atoms with Crippen LogP contribution < -0.4 is 5.76 Å². The second kappa shape index (κ2) is 5.04. The van der Waals surface area contributed by atoms with Crippen LogP contribution in [0.3, 0.4) is 0 Å². The van der Waals surface area contributed by atoms with Crippen molar-refractivity contribution in [1.82, 2.24) is 13.4 Å². The van der Waals surface area contributed by atoms with Gasteiger partial charge in [-0.3, -0.25) is 4.52 Å². The Bertz CT molecular complexity index is 807. The summed E-state index contributed by atoms with van der Waals surface area (Å²) in [6.07, 6.45) is 0. The van der Waals surface area contributed by atoms with Crippen molar-refractivity contribution >= 4 is 21.8 Å². The Hall–Kier alpha value is -1.64. The molecule has 0 spiro atoms. The smallest absolute Gasteiger partial charge is 0.295 e. The highest BCUT2D eigenvalue weighted by Gasteiger charge is 2.27. The second-order valence-electron chi connectivity index (χ2n) is 4.29. The first-order valence-corrected chi connectivity index (χ1v) is 7.31. The SMILES string of the molecule is Cc1cc(Cl)ccc1-c1noc(=O)n1S(=O)(=O)N(C)C. The fraction of sp³-hybridized carbons (Fsp3) is 0.273. The highest BCUT2D eigenvalue weighted by atomic mass is 35.5. The van der Waals surface area contributed by atoms with Crippen molar-refractivity contribution in [2.24, 2.45) is 0 Å².